The molecule has 0 aliphatic carbocycles. The van der Waals surface area contributed by atoms with Crippen LogP contribution in [0.25, 0.3) is 10.6 Å². The van der Waals surface area contributed by atoms with E-state index in [4.69, 9.17) is 0 Å². The summed E-state index contributed by atoms with van der Waals surface area (Å²) in [5, 5.41) is 0.550. The maximum absolute atomic E-state index is 13.4. The van der Waals surface area contributed by atoms with Gasteiger partial charge in [0.25, 0.3) is 0 Å². The smallest absolute Gasteiger partial charge is 0.416 e. The van der Waals surface area contributed by atoms with E-state index >= 15 is 0 Å². The van der Waals surface area contributed by atoms with E-state index in [1.807, 2.05) is 0 Å². The minimum Gasteiger partial charge on any atom is -0.469 e. The molecule has 2 aromatic carbocycles. The molecule has 1 aliphatic heterocycles. The Morgan fingerprint density at radius 1 is 1.18 bits per heavy atom. The number of thiazole rings is 1. The van der Waals surface area contributed by atoms with E-state index in [-0.39, 0.29) is 24.4 Å². The molecule has 6 nitrogen and oxygen atoms in total. The highest BCUT2D eigenvalue weighted by molar-refractivity contribution is 7.89. The SMILES string of the molecule is COC(=O)Cc1ccc(C)c(S(=O)(=O)N2CCc3nc(-c4ccc(C(F)(F)F)cc4)sc3C2)c1. The van der Waals surface area contributed by atoms with Gasteiger partial charge in [0, 0.05) is 23.4 Å². The number of methoxy groups -OCH3 is 1. The third-order valence-electron chi connectivity index (χ3n) is 5.60. The molecule has 4 rings (SSSR count). The van der Waals surface area contributed by atoms with Gasteiger partial charge in [-0.3, -0.25) is 4.79 Å². The number of alkyl halides is 3. The van der Waals surface area contributed by atoms with Crippen molar-refractivity contribution in [1.82, 2.24) is 9.29 Å². The van der Waals surface area contributed by atoms with Gasteiger partial charge in [-0.15, -0.1) is 11.3 Å². The maximum Gasteiger partial charge on any atom is 0.416 e. The summed E-state index contributed by atoms with van der Waals surface area (Å²) < 4.78 is 71.4. The molecule has 3 aromatic rings. The molecule has 0 amide bonds. The highest BCUT2D eigenvalue weighted by atomic mass is 32.2. The fraction of sp³-hybridized carbons (Fsp3) is 0.304. The molecule has 0 N–H and O–H groups in total. The predicted molar refractivity (Wildman–Crippen MR) is 121 cm³/mol. The lowest BCUT2D eigenvalue weighted by molar-refractivity contribution is -0.140. The van der Waals surface area contributed by atoms with Crippen molar-refractivity contribution in [3.8, 4) is 10.6 Å². The highest BCUT2D eigenvalue weighted by Crippen LogP contribution is 2.36. The van der Waals surface area contributed by atoms with Gasteiger partial charge in [0.2, 0.25) is 10.0 Å². The third kappa shape index (κ3) is 4.86. The molecule has 34 heavy (non-hydrogen) atoms. The van der Waals surface area contributed by atoms with Crippen LogP contribution >= 0.6 is 11.3 Å². The zero-order chi connectivity index (χ0) is 24.7. The molecule has 1 aliphatic rings. The third-order valence-corrected chi connectivity index (χ3v) is 8.72. The van der Waals surface area contributed by atoms with E-state index < -0.39 is 27.7 Å². The Morgan fingerprint density at radius 3 is 2.53 bits per heavy atom. The lowest BCUT2D eigenvalue weighted by atomic mass is 10.1. The van der Waals surface area contributed by atoms with Crippen LogP contribution in [0.3, 0.4) is 0 Å². The molecule has 0 unspecified atom stereocenters. The summed E-state index contributed by atoms with van der Waals surface area (Å²) in [5.41, 5.74) is 1.67. The number of hydrogen-bond donors (Lipinski definition) is 0. The first-order valence-electron chi connectivity index (χ1n) is 10.3. The molecule has 0 fully saturated rings. The largest absolute Gasteiger partial charge is 0.469 e. The number of esters is 1. The minimum atomic E-state index is -4.41. The molecular weight excluding hydrogens is 489 g/mol. The summed E-state index contributed by atoms with van der Waals surface area (Å²) >= 11 is 1.28. The van der Waals surface area contributed by atoms with Gasteiger partial charge in [0.15, 0.2) is 0 Å². The molecule has 0 radical (unpaired) electrons. The van der Waals surface area contributed by atoms with Crippen LogP contribution in [0.5, 0.6) is 0 Å². The molecule has 0 saturated heterocycles. The van der Waals surface area contributed by atoms with Gasteiger partial charge < -0.3 is 4.74 Å². The van der Waals surface area contributed by atoms with Crippen molar-refractivity contribution in [2.75, 3.05) is 13.7 Å². The van der Waals surface area contributed by atoms with Gasteiger partial charge in [-0.05, 0) is 36.2 Å². The van der Waals surface area contributed by atoms with E-state index in [1.165, 1.54) is 41.0 Å². The molecule has 11 heteroatoms. The first kappa shape index (κ1) is 24.4. The Hall–Kier alpha value is -2.76. The van der Waals surface area contributed by atoms with E-state index in [0.29, 0.717) is 28.1 Å². The van der Waals surface area contributed by atoms with Crippen LogP contribution < -0.4 is 0 Å². The van der Waals surface area contributed by atoms with Crippen molar-refractivity contribution >= 4 is 27.3 Å². The molecule has 1 aromatic heterocycles. The topological polar surface area (TPSA) is 76.6 Å². The fourth-order valence-electron chi connectivity index (χ4n) is 3.71. The summed E-state index contributed by atoms with van der Waals surface area (Å²) in [5.74, 6) is -0.463. The molecule has 2 heterocycles. The first-order chi connectivity index (χ1) is 16.0. The van der Waals surface area contributed by atoms with Crippen molar-refractivity contribution in [2.24, 2.45) is 0 Å². The van der Waals surface area contributed by atoms with Crippen molar-refractivity contribution in [3.63, 3.8) is 0 Å². The van der Waals surface area contributed by atoms with E-state index in [0.717, 1.165) is 22.7 Å². The Kier molecular flexibility index (Phi) is 6.54. The van der Waals surface area contributed by atoms with Crippen LogP contribution in [-0.2, 0) is 45.1 Å². The van der Waals surface area contributed by atoms with E-state index in [2.05, 4.69) is 9.72 Å². The summed E-state index contributed by atoms with van der Waals surface area (Å²) in [6, 6.07) is 9.62. The second kappa shape index (κ2) is 9.12. The number of rotatable bonds is 5. The number of aryl methyl sites for hydroxylation is 1. The number of carbonyl (C=O) groups is 1. The highest BCUT2D eigenvalue weighted by Gasteiger charge is 2.33. The average Bonchev–Trinajstić information content (AvgIpc) is 3.23. The van der Waals surface area contributed by atoms with Gasteiger partial charge in [-0.2, -0.15) is 17.5 Å². The number of hydrogen-bond acceptors (Lipinski definition) is 6. The van der Waals surface area contributed by atoms with E-state index in [1.54, 1.807) is 19.1 Å². The molecular formula is C23H21F3N2O4S2. The van der Waals surface area contributed by atoms with Gasteiger partial charge in [-0.1, -0.05) is 24.3 Å². The average molecular weight is 511 g/mol. The van der Waals surface area contributed by atoms with Crippen molar-refractivity contribution < 1.29 is 31.1 Å². The summed E-state index contributed by atoms with van der Waals surface area (Å²) in [6.07, 6.45) is -4.05. The van der Waals surface area contributed by atoms with Crippen LogP contribution in [0.2, 0.25) is 0 Å². The minimum absolute atomic E-state index is 0.0330. The lowest BCUT2D eigenvalue weighted by Crippen LogP contribution is -2.36. The van der Waals surface area contributed by atoms with Crippen molar-refractivity contribution in [3.05, 3.63) is 69.7 Å². The van der Waals surface area contributed by atoms with Crippen molar-refractivity contribution in [2.45, 2.75) is 37.4 Å². The van der Waals surface area contributed by atoms with Crippen LogP contribution in [0, 0.1) is 6.92 Å². The molecule has 0 bridgehead atoms. The predicted octanol–water partition coefficient (Wildman–Crippen LogP) is 4.60. The summed E-state index contributed by atoms with van der Waals surface area (Å²) in [6.45, 7) is 2.04. The zero-order valence-corrected chi connectivity index (χ0v) is 20.0. The summed E-state index contributed by atoms with van der Waals surface area (Å²) in [7, 11) is -2.57. The second-order valence-corrected chi connectivity index (χ2v) is 10.9. The molecule has 180 valence electrons. The molecule has 0 atom stereocenters. The lowest BCUT2D eigenvalue weighted by Gasteiger charge is -2.26. The van der Waals surface area contributed by atoms with Crippen LogP contribution in [0.15, 0.2) is 47.4 Å². The number of fused-ring (bicyclic) bond motifs is 1. The number of benzene rings is 2. The zero-order valence-electron chi connectivity index (χ0n) is 18.3. The van der Waals surface area contributed by atoms with Crippen LogP contribution in [0.1, 0.15) is 27.3 Å². The molecule has 0 saturated carbocycles. The quantitative estimate of drug-likeness (QED) is 0.469. The number of sulfonamides is 1. The fourth-order valence-corrected chi connectivity index (χ4v) is 6.61. The van der Waals surface area contributed by atoms with Crippen molar-refractivity contribution in [1.29, 1.82) is 0 Å². The normalized spacial score (nSPS) is 14.6. The number of aromatic nitrogens is 1. The monoisotopic (exact) mass is 510 g/mol. The summed E-state index contributed by atoms with van der Waals surface area (Å²) in [4.78, 5) is 17.0. The Bertz CT molecular complexity index is 1330. The maximum atomic E-state index is 13.4. The van der Waals surface area contributed by atoms with Crippen LogP contribution in [0.4, 0.5) is 13.2 Å². The Labute approximate surface area is 199 Å². The number of halogens is 3. The second-order valence-electron chi connectivity index (χ2n) is 7.91. The number of carbonyl (C=O) groups excluding carboxylic acids is 1. The van der Waals surface area contributed by atoms with Gasteiger partial charge >= 0.3 is 12.1 Å². The molecule has 0 spiro atoms. The standard InChI is InChI=1S/C23H21F3N2O4S2/c1-14-3-4-15(12-21(29)32-2)11-20(14)34(30,31)28-10-9-18-19(13-28)33-22(27-18)16-5-7-17(8-6-16)23(24,25)26/h3-8,11H,9-10,12-13H2,1-2H3. The first-order valence-corrected chi connectivity index (χ1v) is 12.6. The Balaban J connectivity index is 1.58. The Morgan fingerprint density at radius 2 is 1.88 bits per heavy atom. The number of nitrogens with zero attached hydrogens (tertiary/aromatic N) is 2. The van der Waals surface area contributed by atoms with Gasteiger partial charge in [0.1, 0.15) is 5.01 Å². The van der Waals surface area contributed by atoms with E-state index in [9.17, 15) is 26.4 Å². The number of ether oxygens (including phenoxy) is 1. The van der Waals surface area contributed by atoms with Gasteiger partial charge in [0.05, 0.1) is 36.2 Å². The van der Waals surface area contributed by atoms with Gasteiger partial charge in [-0.25, -0.2) is 13.4 Å². The van der Waals surface area contributed by atoms with Crippen LogP contribution in [-0.4, -0.2) is 37.3 Å².